The van der Waals surface area contributed by atoms with Crippen LogP contribution in [0.5, 0.6) is 0 Å². The van der Waals surface area contributed by atoms with Crippen molar-refractivity contribution < 1.29 is 4.53 Å². The normalized spacial score (nSPS) is 12.6. The standard InChI is InChI=1S/C11H18N2OSi/c1-15(2,3)14-13-11(12)9-10-7-5-4-6-8-10/h4-8H,9H2,1-3H3,(H2,12,13). The zero-order valence-electron chi connectivity index (χ0n) is 9.53. The summed E-state index contributed by atoms with van der Waals surface area (Å²) < 4.78 is 5.37. The Morgan fingerprint density at radius 2 is 1.87 bits per heavy atom. The number of rotatable bonds is 4. The first-order valence-corrected chi connectivity index (χ1v) is 8.43. The van der Waals surface area contributed by atoms with E-state index in [0.29, 0.717) is 12.3 Å². The van der Waals surface area contributed by atoms with E-state index < -0.39 is 8.32 Å². The molecule has 0 atom stereocenters. The SMILES string of the molecule is C[Si](C)(C)ON=C(N)Cc1ccccc1. The Bertz CT molecular complexity index is 330. The first kappa shape index (κ1) is 11.8. The lowest BCUT2D eigenvalue weighted by Gasteiger charge is -2.13. The third-order valence-corrected chi connectivity index (χ3v) is 2.30. The number of hydrogen-bond acceptors (Lipinski definition) is 2. The monoisotopic (exact) mass is 222 g/mol. The second kappa shape index (κ2) is 4.98. The van der Waals surface area contributed by atoms with Crippen molar-refractivity contribution in [2.75, 3.05) is 0 Å². The van der Waals surface area contributed by atoms with Crippen molar-refractivity contribution in [2.24, 2.45) is 10.9 Å². The molecule has 0 aliphatic rings. The van der Waals surface area contributed by atoms with Crippen molar-refractivity contribution in [1.82, 2.24) is 0 Å². The van der Waals surface area contributed by atoms with E-state index in [1.807, 2.05) is 30.3 Å². The van der Waals surface area contributed by atoms with Crippen LogP contribution in [0.15, 0.2) is 35.5 Å². The van der Waals surface area contributed by atoms with E-state index in [-0.39, 0.29) is 0 Å². The van der Waals surface area contributed by atoms with Gasteiger partial charge in [0, 0.05) is 6.42 Å². The summed E-state index contributed by atoms with van der Waals surface area (Å²) in [5, 5.41) is 3.95. The first-order valence-electron chi connectivity index (χ1n) is 5.02. The van der Waals surface area contributed by atoms with Crippen LogP contribution in [0.25, 0.3) is 0 Å². The van der Waals surface area contributed by atoms with Gasteiger partial charge in [-0.2, -0.15) is 0 Å². The molecule has 0 unspecified atom stereocenters. The molecule has 0 amide bonds. The molecule has 0 aromatic heterocycles. The molecule has 2 N–H and O–H groups in total. The summed E-state index contributed by atoms with van der Waals surface area (Å²) in [7, 11) is -1.60. The maximum absolute atomic E-state index is 5.76. The van der Waals surface area contributed by atoms with E-state index in [1.54, 1.807) is 0 Å². The molecule has 0 bridgehead atoms. The molecule has 1 rings (SSSR count). The largest absolute Gasteiger partial charge is 0.454 e. The van der Waals surface area contributed by atoms with E-state index in [4.69, 9.17) is 10.3 Å². The molecule has 0 spiro atoms. The fraction of sp³-hybridized carbons (Fsp3) is 0.364. The van der Waals surface area contributed by atoms with Crippen molar-refractivity contribution in [3.63, 3.8) is 0 Å². The van der Waals surface area contributed by atoms with E-state index in [1.165, 1.54) is 0 Å². The molecule has 1 aromatic carbocycles. The Balaban J connectivity index is 2.53. The maximum atomic E-state index is 5.76. The minimum Gasteiger partial charge on any atom is -0.454 e. The Hall–Kier alpha value is -1.29. The minimum atomic E-state index is -1.60. The topological polar surface area (TPSA) is 47.6 Å². The third kappa shape index (κ3) is 5.22. The molecule has 4 heteroatoms. The number of oxime groups is 1. The Kier molecular flexibility index (Phi) is 3.91. The van der Waals surface area contributed by atoms with Gasteiger partial charge in [0.15, 0.2) is 0 Å². The van der Waals surface area contributed by atoms with Crippen LogP contribution in [0.1, 0.15) is 5.56 Å². The van der Waals surface area contributed by atoms with E-state index in [2.05, 4.69) is 24.8 Å². The maximum Gasteiger partial charge on any atom is 0.278 e. The zero-order valence-corrected chi connectivity index (χ0v) is 10.5. The van der Waals surface area contributed by atoms with Gasteiger partial charge in [-0.05, 0) is 25.2 Å². The molecule has 3 nitrogen and oxygen atoms in total. The van der Waals surface area contributed by atoms with Crippen LogP contribution < -0.4 is 5.73 Å². The van der Waals surface area contributed by atoms with Crippen molar-refractivity contribution in [3.05, 3.63) is 35.9 Å². The van der Waals surface area contributed by atoms with Crippen LogP contribution in [-0.4, -0.2) is 14.2 Å². The van der Waals surface area contributed by atoms with Gasteiger partial charge in [-0.15, -0.1) is 0 Å². The molecule has 0 saturated heterocycles. The van der Waals surface area contributed by atoms with Gasteiger partial charge in [-0.1, -0.05) is 35.5 Å². The number of nitrogens with zero attached hydrogens (tertiary/aromatic N) is 1. The first-order chi connectivity index (χ1) is 6.97. The summed E-state index contributed by atoms with van der Waals surface area (Å²) in [6, 6.07) is 10.0. The second-order valence-electron chi connectivity index (χ2n) is 4.45. The molecule has 82 valence electrons. The van der Waals surface area contributed by atoms with Gasteiger partial charge in [-0.25, -0.2) is 0 Å². The van der Waals surface area contributed by atoms with Crippen molar-refractivity contribution in [3.8, 4) is 0 Å². The highest BCUT2D eigenvalue weighted by atomic mass is 28.4. The lowest BCUT2D eigenvalue weighted by molar-refractivity contribution is 0.333. The summed E-state index contributed by atoms with van der Waals surface area (Å²) in [5.74, 6) is 0.531. The number of benzene rings is 1. The van der Waals surface area contributed by atoms with Gasteiger partial charge in [0.25, 0.3) is 8.32 Å². The van der Waals surface area contributed by atoms with Crippen molar-refractivity contribution in [1.29, 1.82) is 0 Å². The number of amidine groups is 1. The molecule has 0 saturated carbocycles. The van der Waals surface area contributed by atoms with Crippen LogP contribution in [0.2, 0.25) is 19.6 Å². The van der Waals surface area contributed by atoms with Crippen LogP contribution >= 0.6 is 0 Å². The predicted molar refractivity (Wildman–Crippen MR) is 66.2 cm³/mol. The summed E-state index contributed by atoms with van der Waals surface area (Å²) in [4.78, 5) is 0. The fourth-order valence-electron chi connectivity index (χ4n) is 1.03. The lowest BCUT2D eigenvalue weighted by Crippen LogP contribution is -2.25. The molecule has 1 aromatic rings. The highest BCUT2D eigenvalue weighted by molar-refractivity contribution is 6.69. The second-order valence-corrected chi connectivity index (χ2v) is 8.86. The quantitative estimate of drug-likeness (QED) is 0.368. The minimum absolute atomic E-state index is 0.531. The summed E-state index contributed by atoms with van der Waals surface area (Å²) in [6.45, 7) is 6.23. The highest BCUT2D eigenvalue weighted by Crippen LogP contribution is 2.04. The van der Waals surface area contributed by atoms with Crippen LogP contribution in [0, 0.1) is 0 Å². The van der Waals surface area contributed by atoms with Gasteiger partial charge in [-0.3, -0.25) is 0 Å². The Labute approximate surface area is 92.1 Å². The van der Waals surface area contributed by atoms with Crippen LogP contribution in [-0.2, 0) is 10.9 Å². The predicted octanol–water partition coefficient (Wildman–Crippen LogP) is 2.35. The number of hydrogen-bond donors (Lipinski definition) is 1. The molecule has 0 aliphatic heterocycles. The van der Waals surface area contributed by atoms with Crippen LogP contribution in [0.4, 0.5) is 0 Å². The molecule has 0 heterocycles. The molecular weight excluding hydrogens is 204 g/mol. The van der Waals surface area contributed by atoms with Gasteiger partial charge in [0.2, 0.25) is 0 Å². The smallest absolute Gasteiger partial charge is 0.278 e. The fourth-order valence-corrected chi connectivity index (χ4v) is 1.42. The average Bonchev–Trinajstić information content (AvgIpc) is 2.15. The summed E-state index contributed by atoms with van der Waals surface area (Å²) in [5.41, 5.74) is 6.91. The van der Waals surface area contributed by atoms with Gasteiger partial charge < -0.3 is 10.3 Å². The average molecular weight is 222 g/mol. The van der Waals surface area contributed by atoms with Gasteiger partial charge >= 0.3 is 0 Å². The Morgan fingerprint density at radius 3 is 2.40 bits per heavy atom. The summed E-state index contributed by atoms with van der Waals surface area (Å²) >= 11 is 0. The van der Waals surface area contributed by atoms with Gasteiger partial charge in [0.05, 0.1) is 0 Å². The van der Waals surface area contributed by atoms with Crippen molar-refractivity contribution >= 4 is 14.2 Å². The van der Waals surface area contributed by atoms with Crippen molar-refractivity contribution in [2.45, 2.75) is 26.1 Å². The van der Waals surface area contributed by atoms with E-state index >= 15 is 0 Å². The van der Waals surface area contributed by atoms with E-state index in [0.717, 1.165) is 5.56 Å². The van der Waals surface area contributed by atoms with Crippen LogP contribution in [0.3, 0.4) is 0 Å². The number of nitrogens with two attached hydrogens (primary N) is 1. The summed E-state index contributed by atoms with van der Waals surface area (Å²) in [6.07, 6.45) is 0.644. The molecule has 0 aliphatic carbocycles. The zero-order chi connectivity index (χ0) is 11.3. The molecule has 0 radical (unpaired) electrons. The molecule has 0 fully saturated rings. The van der Waals surface area contributed by atoms with E-state index in [9.17, 15) is 0 Å². The Morgan fingerprint density at radius 1 is 1.27 bits per heavy atom. The lowest BCUT2D eigenvalue weighted by atomic mass is 10.1. The highest BCUT2D eigenvalue weighted by Gasteiger charge is 2.15. The van der Waals surface area contributed by atoms with Gasteiger partial charge in [0.1, 0.15) is 5.84 Å². The molecule has 15 heavy (non-hydrogen) atoms. The molecular formula is C11H18N2OSi. The third-order valence-electron chi connectivity index (χ3n) is 1.66.